The van der Waals surface area contributed by atoms with Gasteiger partial charge in [-0.25, -0.2) is 0 Å². The molecule has 21 heavy (non-hydrogen) atoms. The molecule has 0 aliphatic carbocycles. The number of halogens is 2. The Hall–Kier alpha value is -2.43. The van der Waals surface area contributed by atoms with E-state index < -0.39 is 6.61 Å². The molecule has 0 unspecified atom stereocenters. The van der Waals surface area contributed by atoms with Crippen LogP contribution in [-0.4, -0.2) is 19.0 Å². The smallest absolute Gasteiger partial charge is 0.387 e. The van der Waals surface area contributed by atoms with Crippen LogP contribution in [0.15, 0.2) is 42.5 Å². The molecule has 0 amide bonds. The van der Waals surface area contributed by atoms with Crippen LogP contribution in [0.3, 0.4) is 0 Å². The number of para-hydroxylation sites is 1. The predicted octanol–water partition coefficient (Wildman–Crippen LogP) is 3.45. The molecule has 0 bridgehead atoms. The molecule has 0 radical (unpaired) electrons. The van der Waals surface area contributed by atoms with Gasteiger partial charge in [0.2, 0.25) is 0 Å². The number of benzene rings is 2. The van der Waals surface area contributed by atoms with Crippen molar-refractivity contribution in [1.82, 2.24) is 0 Å². The van der Waals surface area contributed by atoms with Gasteiger partial charge in [0, 0.05) is 12.0 Å². The lowest BCUT2D eigenvalue weighted by Crippen LogP contribution is -2.05. The Labute approximate surface area is 120 Å². The average Bonchev–Trinajstić information content (AvgIpc) is 2.95. The zero-order valence-corrected chi connectivity index (χ0v) is 11.0. The van der Waals surface area contributed by atoms with Crippen molar-refractivity contribution in [2.45, 2.75) is 13.0 Å². The van der Waals surface area contributed by atoms with Crippen LogP contribution in [0.5, 0.6) is 11.5 Å². The van der Waals surface area contributed by atoms with Gasteiger partial charge in [0.05, 0.1) is 12.2 Å². The molecular formula is C16H12F2O3. The summed E-state index contributed by atoms with van der Waals surface area (Å²) in [5, 5.41) is 0. The van der Waals surface area contributed by atoms with Crippen molar-refractivity contribution in [3.63, 3.8) is 0 Å². The molecule has 0 fully saturated rings. The maximum Gasteiger partial charge on any atom is 0.387 e. The fourth-order valence-electron chi connectivity index (χ4n) is 2.34. The molecule has 0 saturated carbocycles. The Morgan fingerprint density at radius 2 is 1.90 bits per heavy atom. The first-order chi connectivity index (χ1) is 10.1. The van der Waals surface area contributed by atoms with Crippen molar-refractivity contribution in [3.05, 3.63) is 59.2 Å². The van der Waals surface area contributed by atoms with E-state index >= 15 is 0 Å². The average molecular weight is 290 g/mol. The van der Waals surface area contributed by atoms with Crippen LogP contribution in [0.4, 0.5) is 8.78 Å². The fourth-order valence-corrected chi connectivity index (χ4v) is 2.34. The molecular weight excluding hydrogens is 278 g/mol. The summed E-state index contributed by atoms with van der Waals surface area (Å²) in [7, 11) is 0. The highest BCUT2D eigenvalue weighted by Crippen LogP contribution is 2.31. The number of carbonyl (C=O) groups is 1. The van der Waals surface area contributed by atoms with Gasteiger partial charge in [-0.05, 0) is 35.9 Å². The largest absolute Gasteiger partial charge is 0.492 e. The fraction of sp³-hybridized carbons (Fsp3) is 0.188. The zero-order valence-electron chi connectivity index (χ0n) is 11.0. The van der Waals surface area contributed by atoms with E-state index in [2.05, 4.69) is 4.74 Å². The Balaban J connectivity index is 1.87. The minimum atomic E-state index is -2.88. The van der Waals surface area contributed by atoms with Crippen molar-refractivity contribution in [2.75, 3.05) is 6.61 Å². The number of fused-ring (bicyclic) bond motifs is 1. The predicted molar refractivity (Wildman–Crippen MR) is 72.1 cm³/mol. The van der Waals surface area contributed by atoms with Crippen molar-refractivity contribution >= 4 is 5.78 Å². The second-order valence-electron chi connectivity index (χ2n) is 4.62. The Bertz CT molecular complexity index is 666. The number of alkyl halides is 2. The van der Waals surface area contributed by atoms with Crippen LogP contribution >= 0.6 is 0 Å². The lowest BCUT2D eigenvalue weighted by atomic mass is 10.00. The van der Waals surface area contributed by atoms with Crippen LogP contribution in [0.1, 0.15) is 21.5 Å². The van der Waals surface area contributed by atoms with Crippen molar-refractivity contribution < 1.29 is 23.0 Å². The first-order valence-corrected chi connectivity index (χ1v) is 6.49. The van der Waals surface area contributed by atoms with Gasteiger partial charge in [-0.1, -0.05) is 12.1 Å². The van der Waals surface area contributed by atoms with E-state index in [1.54, 1.807) is 6.07 Å². The van der Waals surface area contributed by atoms with Crippen molar-refractivity contribution in [2.24, 2.45) is 0 Å². The van der Waals surface area contributed by atoms with E-state index in [0.29, 0.717) is 23.5 Å². The quantitative estimate of drug-likeness (QED) is 0.809. The first kappa shape index (κ1) is 13.5. The van der Waals surface area contributed by atoms with E-state index in [-0.39, 0.29) is 11.5 Å². The molecule has 2 aromatic rings. The summed E-state index contributed by atoms with van der Waals surface area (Å²) in [5.74, 6) is 0.448. The Morgan fingerprint density at radius 1 is 1.14 bits per heavy atom. The van der Waals surface area contributed by atoms with Crippen molar-refractivity contribution in [3.8, 4) is 11.5 Å². The first-order valence-electron chi connectivity index (χ1n) is 6.49. The normalized spacial score (nSPS) is 12.9. The number of carbonyl (C=O) groups excluding carboxylic acids is 1. The summed E-state index contributed by atoms with van der Waals surface area (Å²) in [4.78, 5) is 12.5. The van der Waals surface area contributed by atoms with Gasteiger partial charge >= 0.3 is 6.61 Å². The van der Waals surface area contributed by atoms with Gasteiger partial charge in [0.15, 0.2) is 5.78 Å². The number of hydrogen-bond donors (Lipinski definition) is 0. The van der Waals surface area contributed by atoms with Gasteiger partial charge in [-0.2, -0.15) is 8.78 Å². The van der Waals surface area contributed by atoms with E-state index in [9.17, 15) is 13.6 Å². The molecule has 0 atom stereocenters. The lowest BCUT2D eigenvalue weighted by Gasteiger charge is -2.08. The zero-order chi connectivity index (χ0) is 14.8. The molecule has 0 N–H and O–H groups in total. The van der Waals surface area contributed by atoms with E-state index in [1.165, 1.54) is 24.3 Å². The number of hydrogen-bond acceptors (Lipinski definition) is 3. The molecule has 2 aromatic carbocycles. The van der Waals surface area contributed by atoms with Gasteiger partial charge in [0.25, 0.3) is 0 Å². The summed E-state index contributed by atoms with van der Waals surface area (Å²) < 4.78 is 33.9. The minimum Gasteiger partial charge on any atom is -0.492 e. The van der Waals surface area contributed by atoms with Crippen LogP contribution in [0.25, 0.3) is 0 Å². The second-order valence-corrected chi connectivity index (χ2v) is 4.62. The molecule has 108 valence electrons. The summed E-state index contributed by atoms with van der Waals surface area (Å²) in [6.45, 7) is -2.31. The van der Waals surface area contributed by atoms with Gasteiger partial charge in [-0.15, -0.1) is 0 Å². The summed E-state index contributed by atoms with van der Waals surface area (Å²) in [6, 6.07) is 11.1. The number of ketones is 1. The van der Waals surface area contributed by atoms with Crippen LogP contribution in [0.2, 0.25) is 0 Å². The SMILES string of the molecule is O=C(c1ccc(OC(F)F)cc1)c1cccc2c1OCC2. The maximum absolute atomic E-state index is 12.5. The molecule has 1 aliphatic heterocycles. The third kappa shape index (κ3) is 2.72. The second kappa shape index (κ2) is 5.52. The monoisotopic (exact) mass is 290 g/mol. The van der Waals surface area contributed by atoms with E-state index in [0.717, 1.165) is 12.0 Å². The molecule has 0 aromatic heterocycles. The Morgan fingerprint density at radius 3 is 2.62 bits per heavy atom. The highest BCUT2D eigenvalue weighted by atomic mass is 19.3. The lowest BCUT2D eigenvalue weighted by molar-refractivity contribution is -0.0498. The third-order valence-corrected chi connectivity index (χ3v) is 3.30. The van der Waals surface area contributed by atoms with Crippen LogP contribution in [-0.2, 0) is 6.42 Å². The van der Waals surface area contributed by atoms with E-state index in [4.69, 9.17) is 4.74 Å². The van der Waals surface area contributed by atoms with Gasteiger partial charge in [0.1, 0.15) is 11.5 Å². The molecule has 1 heterocycles. The molecule has 5 heteroatoms. The standard InChI is InChI=1S/C16H12F2O3/c17-16(18)21-12-6-4-10(5-7-12)14(19)13-3-1-2-11-8-9-20-15(11)13/h1-7,16H,8-9H2. The van der Waals surface area contributed by atoms with Crippen LogP contribution in [0, 0.1) is 0 Å². The minimum absolute atomic E-state index is 0.0242. The van der Waals surface area contributed by atoms with E-state index in [1.807, 2.05) is 12.1 Å². The number of rotatable bonds is 4. The molecule has 1 aliphatic rings. The molecule has 0 spiro atoms. The number of ether oxygens (including phenoxy) is 2. The van der Waals surface area contributed by atoms with Gasteiger partial charge in [-0.3, -0.25) is 4.79 Å². The van der Waals surface area contributed by atoms with Gasteiger partial charge < -0.3 is 9.47 Å². The summed E-state index contributed by atoms with van der Waals surface area (Å²) >= 11 is 0. The maximum atomic E-state index is 12.5. The molecule has 3 nitrogen and oxygen atoms in total. The summed E-state index contributed by atoms with van der Waals surface area (Å²) in [6.07, 6.45) is 0.789. The Kier molecular flexibility index (Phi) is 3.56. The molecule has 0 saturated heterocycles. The molecule has 3 rings (SSSR count). The highest BCUT2D eigenvalue weighted by Gasteiger charge is 2.21. The highest BCUT2D eigenvalue weighted by molar-refractivity contribution is 6.11. The van der Waals surface area contributed by atoms with Crippen molar-refractivity contribution in [1.29, 1.82) is 0 Å². The summed E-state index contributed by atoms with van der Waals surface area (Å²) in [5.41, 5.74) is 1.91. The topological polar surface area (TPSA) is 35.5 Å². The third-order valence-electron chi connectivity index (χ3n) is 3.30. The van der Waals surface area contributed by atoms with Crippen LogP contribution < -0.4 is 9.47 Å².